The number of hydrogen-bond donors (Lipinski definition) is 1. The van der Waals surface area contributed by atoms with E-state index in [-0.39, 0.29) is 6.04 Å². The van der Waals surface area contributed by atoms with Crippen LogP contribution < -0.4 is 19.7 Å². The third kappa shape index (κ3) is 3.61. The van der Waals surface area contributed by atoms with Gasteiger partial charge in [-0.05, 0) is 23.3 Å². The summed E-state index contributed by atoms with van der Waals surface area (Å²) >= 11 is 0. The lowest BCUT2D eigenvalue weighted by atomic mass is 10.1. The molecule has 156 valence electrons. The van der Waals surface area contributed by atoms with Crippen molar-refractivity contribution < 1.29 is 9.47 Å². The Morgan fingerprint density at radius 3 is 2.48 bits per heavy atom. The summed E-state index contributed by atoms with van der Waals surface area (Å²) in [6.45, 7) is 1.72. The molecule has 1 N–H and O–H groups in total. The zero-order valence-corrected chi connectivity index (χ0v) is 17.6. The summed E-state index contributed by atoms with van der Waals surface area (Å²) in [5.41, 5.74) is 4.62. The summed E-state index contributed by atoms with van der Waals surface area (Å²) in [6.07, 6.45) is 1.58. The van der Waals surface area contributed by atoms with Crippen LogP contribution in [0.4, 0.5) is 11.5 Å². The van der Waals surface area contributed by atoms with Gasteiger partial charge in [0.25, 0.3) is 0 Å². The van der Waals surface area contributed by atoms with Crippen LogP contribution in [0.1, 0.15) is 17.2 Å². The molecule has 31 heavy (non-hydrogen) atoms. The van der Waals surface area contributed by atoms with Gasteiger partial charge in [-0.2, -0.15) is 0 Å². The molecule has 2 heterocycles. The molecule has 1 aliphatic rings. The van der Waals surface area contributed by atoms with Crippen molar-refractivity contribution in [3.05, 3.63) is 84.2 Å². The van der Waals surface area contributed by atoms with Crippen molar-refractivity contribution in [3.8, 4) is 11.5 Å². The van der Waals surface area contributed by atoms with Gasteiger partial charge in [-0.25, -0.2) is 9.97 Å². The summed E-state index contributed by atoms with van der Waals surface area (Å²) in [6, 6.07) is 23.0. The molecule has 6 nitrogen and oxygen atoms in total. The molecule has 0 saturated carbocycles. The van der Waals surface area contributed by atoms with Crippen LogP contribution in [0, 0.1) is 0 Å². The number of nitrogens with one attached hydrogen (secondary N) is 1. The van der Waals surface area contributed by atoms with Crippen molar-refractivity contribution in [2.24, 2.45) is 0 Å². The molecule has 1 unspecified atom stereocenters. The molecular weight excluding hydrogens is 388 g/mol. The third-order valence-corrected chi connectivity index (χ3v) is 5.72. The molecular formula is C25H24N4O2. The Kier molecular flexibility index (Phi) is 5.04. The maximum atomic E-state index is 5.49. The highest BCUT2D eigenvalue weighted by molar-refractivity contribution is 5.91. The zero-order valence-electron chi connectivity index (χ0n) is 17.6. The van der Waals surface area contributed by atoms with E-state index in [2.05, 4.69) is 74.8 Å². The monoisotopic (exact) mass is 412 g/mol. The molecule has 1 aromatic heterocycles. The van der Waals surface area contributed by atoms with Crippen LogP contribution in [0.2, 0.25) is 0 Å². The Morgan fingerprint density at radius 2 is 1.68 bits per heavy atom. The SMILES string of the molecule is COc1cc2ncnc(NC3CN(Cc4ccccc4)c4ccccc43)c2cc1OC. The van der Waals surface area contributed by atoms with Crippen molar-refractivity contribution in [2.45, 2.75) is 12.6 Å². The number of aromatic nitrogens is 2. The molecule has 5 rings (SSSR count). The number of fused-ring (bicyclic) bond motifs is 2. The first-order valence-corrected chi connectivity index (χ1v) is 10.3. The first kappa shape index (κ1) is 19.2. The lowest BCUT2D eigenvalue weighted by molar-refractivity contribution is 0.356. The Morgan fingerprint density at radius 1 is 0.935 bits per heavy atom. The summed E-state index contributed by atoms with van der Waals surface area (Å²) < 4.78 is 10.9. The molecule has 0 fully saturated rings. The standard InChI is InChI=1S/C25H24N4O2/c1-30-23-12-19-20(13-24(23)31-2)26-16-27-25(19)28-21-15-29(14-17-8-4-3-5-9-17)22-11-7-6-10-18(21)22/h3-13,16,21H,14-15H2,1-2H3,(H,26,27,28). The van der Waals surface area contributed by atoms with Gasteiger partial charge >= 0.3 is 0 Å². The van der Waals surface area contributed by atoms with E-state index in [1.807, 2.05) is 12.1 Å². The average Bonchev–Trinajstić information content (AvgIpc) is 3.16. The van der Waals surface area contributed by atoms with Crippen LogP contribution in [0.5, 0.6) is 11.5 Å². The van der Waals surface area contributed by atoms with Crippen molar-refractivity contribution in [2.75, 3.05) is 31.0 Å². The highest BCUT2D eigenvalue weighted by atomic mass is 16.5. The van der Waals surface area contributed by atoms with Gasteiger partial charge in [0, 0.05) is 30.2 Å². The van der Waals surface area contributed by atoms with Crippen LogP contribution in [-0.2, 0) is 6.54 Å². The number of benzene rings is 3. The summed E-state index contributed by atoms with van der Waals surface area (Å²) in [4.78, 5) is 11.4. The van der Waals surface area contributed by atoms with E-state index >= 15 is 0 Å². The fraction of sp³-hybridized carbons (Fsp3) is 0.200. The topological polar surface area (TPSA) is 59.5 Å². The number of hydrogen-bond acceptors (Lipinski definition) is 6. The highest BCUT2D eigenvalue weighted by Gasteiger charge is 2.29. The Bertz CT molecular complexity index is 1210. The molecule has 0 spiro atoms. The average molecular weight is 412 g/mol. The minimum Gasteiger partial charge on any atom is -0.493 e. The predicted molar refractivity (Wildman–Crippen MR) is 123 cm³/mol. The molecule has 0 radical (unpaired) electrons. The van der Waals surface area contributed by atoms with Gasteiger partial charge in [-0.1, -0.05) is 48.5 Å². The quantitative estimate of drug-likeness (QED) is 0.490. The van der Waals surface area contributed by atoms with E-state index in [1.165, 1.54) is 16.8 Å². The summed E-state index contributed by atoms with van der Waals surface area (Å²) in [5.74, 6) is 2.09. The Hall–Kier alpha value is -3.80. The number of rotatable bonds is 6. The van der Waals surface area contributed by atoms with Crippen LogP contribution in [-0.4, -0.2) is 30.7 Å². The van der Waals surface area contributed by atoms with Crippen molar-refractivity contribution in [3.63, 3.8) is 0 Å². The van der Waals surface area contributed by atoms with E-state index in [0.29, 0.717) is 11.5 Å². The lowest BCUT2D eigenvalue weighted by Crippen LogP contribution is -2.24. The van der Waals surface area contributed by atoms with Gasteiger partial charge in [0.1, 0.15) is 12.1 Å². The minimum atomic E-state index is 0.117. The smallest absolute Gasteiger partial charge is 0.162 e. The van der Waals surface area contributed by atoms with Crippen LogP contribution >= 0.6 is 0 Å². The van der Waals surface area contributed by atoms with Gasteiger partial charge in [0.15, 0.2) is 11.5 Å². The van der Waals surface area contributed by atoms with Crippen LogP contribution in [0.3, 0.4) is 0 Å². The number of anilines is 2. The van der Waals surface area contributed by atoms with E-state index < -0.39 is 0 Å². The van der Waals surface area contributed by atoms with Gasteiger partial charge in [-0.15, -0.1) is 0 Å². The second-order valence-electron chi connectivity index (χ2n) is 7.57. The fourth-order valence-electron chi connectivity index (χ4n) is 4.23. The minimum absolute atomic E-state index is 0.117. The molecule has 0 saturated heterocycles. The van der Waals surface area contributed by atoms with Gasteiger partial charge in [-0.3, -0.25) is 0 Å². The highest BCUT2D eigenvalue weighted by Crippen LogP contribution is 2.39. The molecule has 1 aliphatic heterocycles. The van der Waals surface area contributed by atoms with Crippen molar-refractivity contribution in [1.29, 1.82) is 0 Å². The molecule has 0 amide bonds. The summed E-state index contributed by atoms with van der Waals surface area (Å²) in [5, 5.41) is 4.56. The fourth-order valence-corrected chi connectivity index (χ4v) is 4.23. The van der Waals surface area contributed by atoms with E-state index in [4.69, 9.17) is 9.47 Å². The van der Waals surface area contributed by atoms with Crippen molar-refractivity contribution in [1.82, 2.24) is 9.97 Å². The zero-order chi connectivity index (χ0) is 21.2. The Labute approximate surface area is 181 Å². The maximum Gasteiger partial charge on any atom is 0.162 e. The van der Waals surface area contributed by atoms with Gasteiger partial charge in [0.2, 0.25) is 0 Å². The molecule has 1 atom stereocenters. The Balaban J connectivity index is 1.48. The van der Waals surface area contributed by atoms with E-state index in [1.54, 1.807) is 20.5 Å². The van der Waals surface area contributed by atoms with E-state index in [9.17, 15) is 0 Å². The first-order chi connectivity index (χ1) is 15.3. The van der Waals surface area contributed by atoms with E-state index in [0.717, 1.165) is 29.8 Å². The largest absolute Gasteiger partial charge is 0.493 e. The summed E-state index contributed by atoms with van der Waals surface area (Å²) in [7, 11) is 3.26. The van der Waals surface area contributed by atoms with Gasteiger partial charge < -0.3 is 19.7 Å². The van der Waals surface area contributed by atoms with Crippen molar-refractivity contribution >= 4 is 22.4 Å². The molecule has 3 aromatic carbocycles. The second kappa shape index (κ2) is 8.14. The third-order valence-electron chi connectivity index (χ3n) is 5.72. The molecule has 4 aromatic rings. The maximum absolute atomic E-state index is 5.49. The molecule has 0 aliphatic carbocycles. The first-order valence-electron chi connectivity index (χ1n) is 10.3. The molecule has 6 heteroatoms. The molecule has 0 bridgehead atoms. The number of nitrogens with zero attached hydrogens (tertiary/aromatic N) is 3. The number of para-hydroxylation sites is 1. The number of ether oxygens (including phenoxy) is 2. The number of methoxy groups -OCH3 is 2. The predicted octanol–water partition coefficient (Wildman–Crippen LogP) is 4.82. The normalized spacial score (nSPS) is 15.0. The second-order valence-corrected chi connectivity index (χ2v) is 7.57. The lowest BCUT2D eigenvalue weighted by Gasteiger charge is -2.21. The van der Waals surface area contributed by atoms with Crippen LogP contribution in [0.15, 0.2) is 73.1 Å². The van der Waals surface area contributed by atoms with Crippen LogP contribution in [0.25, 0.3) is 10.9 Å². The van der Waals surface area contributed by atoms with Gasteiger partial charge in [0.05, 0.1) is 25.8 Å².